The maximum atomic E-state index is 13.3. The number of carbonyl (C=O) groups excluding carboxylic acids is 3. The van der Waals surface area contributed by atoms with Gasteiger partial charge in [-0.1, -0.05) is 46.3 Å². The summed E-state index contributed by atoms with van der Waals surface area (Å²) in [5.41, 5.74) is 6.22. The first-order valence-corrected chi connectivity index (χ1v) is 14.6. The number of halogens is 1. The number of nitrogens with one attached hydrogen (secondary N) is 2. The van der Waals surface area contributed by atoms with Crippen LogP contribution in [0.4, 0.5) is 0 Å². The van der Waals surface area contributed by atoms with Gasteiger partial charge in [0.25, 0.3) is 5.91 Å². The molecule has 0 atom stereocenters. The lowest BCUT2D eigenvalue weighted by atomic mass is 10.0. The van der Waals surface area contributed by atoms with Crippen LogP contribution in [0.3, 0.4) is 0 Å². The number of aromatic amines is 1. The summed E-state index contributed by atoms with van der Waals surface area (Å²) in [6, 6.07) is 24.6. The van der Waals surface area contributed by atoms with E-state index >= 15 is 0 Å². The molecule has 5 aromatic rings. The number of fused-ring (bicyclic) bond motifs is 1. The number of hydrogen-bond donors (Lipinski definition) is 2. The maximum Gasteiger partial charge on any atom is 0.343 e. The van der Waals surface area contributed by atoms with Crippen molar-refractivity contribution in [3.63, 3.8) is 0 Å². The van der Waals surface area contributed by atoms with Gasteiger partial charge in [0.05, 0.1) is 25.5 Å². The molecule has 0 spiro atoms. The molecule has 10 nitrogen and oxygen atoms in total. The topological polar surface area (TPSA) is 128 Å². The minimum atomic E-state index is -0.670. The lowest BCUT2D eigenvalue weighted by molar-refractivity contribution is -0.132. The number of ether oxygens (including phenoxy) is 4. The van der Waals surface area contributed by atoms with E-state index in [9.17, 15) is 14.4 Å². The van der Waals surface area contributed by atoms with E-state index in [0.717, 1.165) is 26.5 Å². The van der Waals surface area contributed by atoms with Crippen molar-refractivity contribution in [1.82, 2.24) is 10.4 Å². The van der Waals surface area contributed by atoms with Crippen LogP contribution in [0.2, 0.25) is 0 Å². The molecule has 0 fully saturated rings. The van der Waals surface area contributed by atoms with Crippen molar-refractivity contribution in [1.29, 1.82) is 0 Å². The van der Waals surface area contributed by atoms with E-state index in [-0.39, 0.29) is 22.8 Å². The van der Waals surface area contributed by atoms with Crippen molar-refractivity contribution in [2.75, 3.05) is 13.7 Å². The molecule has 5 rings (SSSR count). The number of benzene rings is 4. The highest BCUT2D eigenvalue weighted by molar-refractivity contribution is 9.10. The van der Waals surface area contributed by atoms with E-state index in [1.807, 2.05) is 48.5 Å². The second-order valence-corrected chi connectivity index (χ2v) is 10.5. The van der Waals surface area contributed by atoms with Gasteiger partial charge in [-0.15, -0.1) is 0 Å². The fourth-order valence-corrected chi connectivity index (χ4v) is 4.97. The number of H-pyrrole nitrogens is 1. The predicted molar refractivity (Wildman–Crippen MR) is 173 cm³/mol. The molecule has 0 saturated heterocycles. The first kappa shape index (κ1) is 31.0. The van der Waals surface area contributed by atoms with Gasteiger partial charge < -0.3 is 23.9 Å². The minimum Gasteiger partial charge on any atom is -0.493 e. The van der Waals surface area contributed by atoms with E-state index in [2.05, 4.69) is 31.4 Å². The van der Waals surface area contributed by atoms with Crippen molar-refractivity contribution < 1.29 is 33.3 Å². The number of rotatable bonds is 10. The van der Waals surface area contributed by atoms with Gasteiger partial charge in [-0.25, -0.2) is 10.2 Å². The third-order valence-electron chi connectivity index (χ3n) is 6.55. The summed E-state index contributed by atoms with van der Waals surface area (Å²) in [6.45, 7) is 3.38. The number of hydrazone groups is 1. The van der Waals surface area contributed by atoms with E-state index in [4.69, 9.17) is 18.9 Å². The van der Waals surface area contributed by atoms with E-state index in [1.54, 1.807) is 25.1 Å². The van der Waals surface area contributed by atoms with Gasteiger partial charge in [0, 0.05) is 27.9 Å². The average Bonchev–Trinajstić information content (AvgIpc) is 3.41. The van der Waals surface area contributed by atoms with Crippen LogP contribution < -0.4 is 24.4 Å². The minimum absolute atomic E-state index is 0.178. The van der Waals surface area contributed by atoms with Gasteiger partial charge >= 0.3 is 11.9 Å². The SMILES string of the molecule is CCOc1cc(C=NNC(=O)c2[nH]c3ccc(Br)cc3c2-c2ccccc2)ccc1OC(=O)c1ccc(OC(C)=O)c(OC)c1. The zero-order valence-electron chi connectivity index (χ0n) is 24.6. The number of esters is 2. The molecular weight excluding hydrogens is 642 g/mol. The normalized spacial score (nSPS) is 10.9. The largest absolute Gasteiger partial charge is 0.493 e. The standard InChI is InChI=1S/C34H28BrN3O7/c1-4-43-30-16-21(10-14-28(30)45-34(41)23-11-15-27(44-20(2)39)29(17-23)42-3)19-36-38-33(40)32-31(22-8-6-5-7-9-22)25-18-24(35)12-13-26(25)37-32/h5-19,37H,4H2,1-3H3,(H,38,40). The Kier molecular flexibility index (Phi) is 9.59. The van der Waals surface area contributed by atoms with Crippen LogP contribution in [0.1, 0.15) is 40.3 Å². The molecule has 1 heterocycles. The Balaban J connectivity index is 1.34. The third-order valence-corrected chi connectivity index (χ3v) is 7.05. The van der Waals surface area contributed by atoms with Crippen molar-refractivity contribution in [2.24, 2.45) is 5.10 Å². The summed E-state index contributed by atoms with van der Waals surface area (Å²) in [7, 11) is 1.40. The average molecular weight is 671 g/mol. The molecule has 1 amide bonds. The van der Waals surface area contributed by atoms with Gasteiger partial charge in [-0.05, 0) is 72.6 Å². The smallest absolute Gasteiger partial charge is 0.343 e. The molecule has 0 aliphatic carbocycles. The summed E-state index contributed by atoms with van der Waals surface area (Å²) in [5, 5.41) is 5.06. The van der Waals surface area contributed by atoms with Gasteiger partial charge in [-0.2, -0.15) is 5.10 Å². The van der Waals surface area contributed by atoms with Crippen molar-refractivity contribution >= 4 is 50.9 Å². The van der Waals surface area contributed by atoms with Gasteiger partial charge in [0.2, 0.25) is 0 Å². The molecule has 0 bridgehead atoms. The van der Waals surface area contributed by atoms with Crippen molar-refractivity contribution in [3.8, 4) is 34.1 Å². The summed E-state index contributed by atoms with van der Waals surface area (Å²) in [5.74, 6) is -0.730. The molecule has 2 N–H and O–H groups in total. The van der Waals surface area contributed by atoms with Crippen molar-refractivity contribution in [3.05, 3.63) is 106 Å². The maximum absolute atomic E-state index is 13.3. The second kappa shape index (κ2) is 13.9. The number of methoxy groups -OCH3 is 1. The molecule has 0 aliphatic rings. The van der Waals surface area contributed by atoms with Gasteiger partial charge in [-0.3, -0.25) is 9.59 Å². The zero-order valence-corrected chi connectivity index (χ0v) is 26.1. The Morgan fingerprint density at radius 1 is 0.889 bits per heavy atom. The molecule has 1 aromatic heterocycles. The molecule has 228 valence electrons. The monoisotopic (exact) mass is 669 g/mol. The molecule has 11 heteroatoms. The molecular formula is C34H28BrN3O7. The summed E-state index contributed by atoms with van der Waals surface area (Å²) in [4.78, 5) is 40.8. The summed E-state index contributed by atoms with van der Waals surface area (Å²) < 4.78 is 22.5. The molecule has 4 aromatic carbocycles. The third kappa shape index (κ3) is 7.22. The fraction of sp³-hybridized carbons (Fsp3) is 0.118. The first-order chi connectivity index (χ1) is 21.8. The highest BCUT2D eigenvalue weighted by Gasteiger charge is 2.20. The molecule has 0 saturated carbocycles. The first-order valence-electron chi connectivity index (χ1n) is 13.8. The highest BCUT2D eigenvalue weighted by atomic mass is 79.9. The number of amides is 1. The summed E-state index contributed by atoms with van der Waals surface area (Å²) >= 11 is 3.52. The van der Waals surface area contributed by atoms with Crippen LogP contribution in [-0.4, -0.2) is 42.8 Å². The second-order valence-electron chi connectivity index (χ2n) is 9.62. The fourth-order valence-electron chi connectivity index (χ4n) is 4.61. The Morgan fingerprint density at radius 2 is 1.64 bits per heavy atom. The van der Waals surface area contributed by atoms with E-state index < -0.39 is 17.8 Å². The van der Waals surface area contributed by atoms with Crippen molar-refractivity contribution in [2.45, 2.75) is 13.8 Å². The van der Waals surface area contributed by atoms with Crippen LogP contribution in [0.5, 0.6) is 23.0 Å². The Labute approximate surface area is 267 Å². The van der Waals surface area contributed by atoms with Crippen LogP contribution in [-0.2, 0) is 4.79 Å². The number of aromatic nitrogens is 1. The van der Waals surface area contributed by atoms with E-state index in [1.165, 1.54) is 38.4 Å². The number of nitrogens with zero attached hydrogens (tertiary/aromatic N) is 1. The Hall–Kier alpha value is -5.42. The Bertz CT molecular complexity index is 1920. The molecule has 0 unspecified atom stereocenters. The van der Waals surface area contributed by atoms with Crippen LogP contribution >= 0.6 is 15.9 Å². The predicted octanol–water partition coefficient (Wildman–Crippen LogP) is 6.91. The molecule has 45 heavy (non-hydrogen) atoms. The van der Waals surface area contributed by atoms with Crippen LogP contribution in [0.15, 0.2) is 94.5 Å². The van der Waals surface area contributed by atoms with Gasteiger partial charge in [0.1, 0.15) is 5.69 Å². The molecule has 0 radical (unpaired) electrons. The molecule has 0 aliphatic heterocycles. The highest BCUT2D eigenvalue weighted by Crippen LogP contribution is 2.35. The Morgan fingerprint density at radius 3 is 2.38 bits per heavy atom. The van der Waals surface area contributed by atoms with Crippen LogP contribution in [0.25, 0.3) is 22.0 Å². The summed E-state index contributed by atoms with van der Waals surface area (Å²) in [6.07, 6.45) is 1.46. The lowest BCUT2D eigenvalue weighted by Gasteiger charge is -2.13. The van der Waals surface area contributed by atoms with E-state index in [0.29, 0.717) is 23.6 Å². The lowest BCUT2D eigenvalue weighted by Crippen LogP contribution is -2.18. The number of carbonyl (C=O) groups is 3. The van der Waals surface area contributed by atoms with Crippen LogP contribution in [0, 0.1) is 0 Å². The number of hydrogen-bond acceptors (Lipinski definition) is 8. The quantitative estimate of drug-likeness (QED) is 0.0715. The van der Waals surface area contributed by atoms with Gasteiger partial charge in [0.15, 0.2) is 23.0 Å². The zero-order chi connectivity index (χ0) is 31.9.